The molecule has 1 amide bonds. The van der Waals surface area contributed by atoms with Crippen LogP contribution in [-0.2, 0) is 4.74 Å². The predicted octanol–water partition coefficient (Wildman–Crippen LogP) is 3.14. The molecule has 3 rings (SSSR count). The van der Waals surface area contributed by atoms with Crippen LogP contribution in [0.4, 0.5) is 4.79 Å². The predicted molar refractivity (Wildman–Crippen MR) is 102 cm³/mol. The third-order valence-electron chi connectivity index (χ3n) is 5.73. The zero-order valence-electron chi connectivity index (χ0n) is 16.1. The number of hydrogen-bond acceptors (Lipinski definition) is 4. The van der Waals surface area contributed by atoms with Crippen LogP contribution < -0.4 is 5.32 Å². The second-order valence-electron chi connectivity index (χ2n) is 8.39. The lowest BCUT2D eigenvalue weighted by Crippen LogP contribution is -2.73. The van der Waals surface area contributed by atoms with Crippen LogP contribution in [0.15, 0.2) is 30.3 Å². The first-order valence-electron chi connectivity index (χ1n) is 9.84. The van der Waals surface area contributed by atoms with Crippen molar-refractivity contribution in [3.05, 3.63) is 35.9 Å². The van der Waals surface area contributed by atoms with Gasteiger partial charge in [-0.25, -0.2) is 4.79 Å². The maximum absolute atomic E-state index is 12.0. The summed E-state index contributed by atoms with van der Waals surface area (Å²) in [5.41, 5.74) is 0.483. The van der Waals surface area contributed by atoms with E-state index in [-0.39, 0.29) is 12.1 Å². The summed E-state index contributed by atoms with van der Waals surface area (Å²) < 4.78 is 5.26. The molecule has 2 fully saturated rings. The zero-order chi connectivity index (χ0) is 18.7. The zero-order valence-corrected chi connectivity index (χ0v) is 16.1. The van der Waals surface area contributed by atoms with Gasteiger partial charge in [0.05, 0.1) is 19.7 Å². The molecule has 0 aliphatic carbocycles. The summed E-state index contributed by atoms with van der Waals surface area (Å²) in [5, 5.41) is 14.7. The smallest absolute Gasteiger partial charge is 0.409 e. The number of benzene rings is 1. The number of β-amino-alcohol motifs (C(OH)–C–C–N with tert-alkyl or cyclic N) is 1. The van der Waals surface area contributed by atoms with Gasteiger partial charge in [0.1, 0.15) is 5.60 Å². The molecule has 1 aromatic carbocycles. The first kappa shape index (κ1) is 19.2. The Morgan fingerprint density at radius 3 is 2.62 bits per heavy atom. The van der Waals surface area contributed by atoms with Crippen LogP contribution in [0.5, 0.6) is 0 Å². The van der Waals surface area contributed by atoms with Crippen LogP contribution in [0.1, 0.15) is 51.5 Å². The summed E-state index contributed by atoms with van der Waals surface area (Å²) in [7, 11) is 0. The fourth-order valence-corrected chi connectivity index (χ4v) is 4.07. The van der Waals surface area contributed by atoms with Crippen molar-refractivity contribution >= 4 is 6.09 Å². The summed E-state index contributed by atoms with van der Waals surface area (Å²) in [4.78, 5) is 13.6. The van der Waals surface area contributed by atoms with Crippen molar-refractivity contribution in [3.63, 3.8) is 0 Å². The summed E-state index contributed by atoms with van der Waals surface area (Å²) in [6.45, 7) is 7.41. The van der Waals surface area contributed by atoms with E-state index in [1.807, 2.05) is 19.9 Å². The number of amides is 1. The fourth-order valence-electron chi connectivity index (χ4n) is 4.07. The first-order valence-corrected chi connectivity index (χ1v) is 9.84. The molecular weight excluding hydrogens is 328 g/mol. The summed E-state index contributed by atoms with van der Waals surface area (Å²) >= 11 is 0. The molecule has 0 spiro atoms. The van der Waals surface area contributed by atoms with Gasteiger partial charge in [-0.3, -0.25) is 0 Å². The number of likely N-dealkylation sites (tertiary alicyclic amines) is 1. The molecule has 2 N–H and O–H groups in total. The highest BCUT2D eigenvalue weighted by molar-refractivity contribution is 5.69. The van der Waals surface area contributed by atoms with Gasteiger partial charge in [0.25, 0.3) is 0 Å². The van der Waals surface area contributed by atoms with Gasteiger partial charge in [-0.2, -0.15) is 0 Å². The first-order chi connectivity index (χ1) is 12.4. The normalized spacial score (nSPS) is 26.3. The second-order valence-corrected chi connectivity index (χ2v) is 8.39. The van der Waals surface area contributed by atoms with Gasteiger partial charge < -0.3 is 20.1 Å². The van der Waals surface area contributed by atoms with E-state index in [9.17, 15) is 9.90 Å². The molecule has 2 aliphatic heterocycles. The molecule has 3 unspecified atom stereocenters. The topological polar surface area (TPSA) is 61.8 Å². The molecule has 1 aromatic rings. The molecule has 2 saturated heterocycles. The highest BCUT2D eigenvalue weighted by atomic mass is 16.6. The number of ether oxygens (including phenoxy) is 1. The van der Waals surface area contributed by atoms with Gasteiger partial charge in [0.15, 0.2) is 0 Å². The van der Waals surface area contributed by atoms with Crippen LogP contribution in [-0.4, -0.2) is 53.5 Å². The number of carbonyl (C=O) groups is 1. The quantitative estimate of drug-likeness (QED) is 0.847. The standard InChI is InChI=1S/C21H32N2O3/c1-15(2)12-26-20(24)23-13-21(25,14-23)19-11-7-10-18(22-19)16(3)17-8-5-4-6-9-17/h4-6,8-9,15-16,18-19,22,25H,7,10-14H2,1-3H3. The Morgan fingerprint density at radius 2 is 1.96 bits per heavy atom. The number of piperidine rings is 1. The summed E-state index contributed by atoms with van der Waals surface area (Å²) in [6, 6.07) is 10.9. The van der Waals surface area contributed by atoms with E-state index < -0.39 is 5.60 Å². The fraction of sp³-hybridized carbons (Fsp3) is 0.667. The van der Waals surface area contributed by atoms with Gasteiger partial charge in [-0.1, -0.05) is 57.5 Å². The van der Waals surface area contributed by atoms with E-state index in [1.54, 1.807) is 4.90 Å². The van der Waals surface area contributed by atoms with Crippen molar-refractivity contribution in [3.8, 4) is 0 Å². The summed E-state index contributed by atoms with van der Waals surface area (Å²) in [5.74, 6) is 0.717. The van der Waals surface area contributed by atoms with E-state index in [1.165, 1.54) is 5.56 Å². The van der Waals surface area contributed by atoms with Crippen molar-refractivity contribution in [1.82, 2.24) is 10.2 Å². The Bertz CT molecular complexity index is 599. The number of hydrogen-bond donors (Lipinski definition) is 2. The van der Waals surface area contributed by atoms with Crippen molar-refractivity contribution in [1.29, 1.82) is 0 Å². The molecule has 5 heteroatoms. The highest BCUT2D eigenvalue weighted by Gasteiger charge is 2.51. The van der Waals surface area contributed by atoms with Gasteiger partial charge in [-0.15, -0.1) is 0 Å². The minimum atomic E-state index is -0.841. The Labute approximate surface area is 156 Å². The highest BCUT2D eigenvalue weighted by Crippen LogP contribution is 2.34. The molecule has 2 aliphatic rings. The average Bonchev–Trinajstić information content (AvgIpc) is 2.63. The van der Waals surface area contributed by atoms with Gasteiger partial charge >= 0.3 is 6.09 Å². The van der Waals surface area contributed by atoms with Crippen molar-refractivity contribution < 1.29 is 14.6 Å². The maximum atomic E-state index is 12.0. The SMILES string of the molecule is CC(C)COC(=O)N1CC(O)(C2CCCC(C(C)c3ccccc3)N2)C1. The van der Waals surface area contributed by atoms with Gasteiger partial charge in [-0.05, 0) is 30.2 Å². The van der Waals surface area contributed by atoms with Gasteiger partial charge in [0.2, 0.25) is 0 Å². The van der Waals surface area contributed by atoms with Gasteiger partial charge in [0, 0.05) is 12.1 Å². The third-order valence-corrected chi connectivity index (χ3v) is 5.73. The van der Waals surface area contributed by atoms with Crippen molar-refractivity contribution in [2.24, 2.45) is 5.92 Å². The average molecular weight is 360 g/mol. The van der Waals surface area contributed by atoms with Crippen LogP contribution in [0.25, 0.3) is 0 Å². The van der Waals surface area contributed by atoms with Crippen molar-refractivity contribution in [2.45, 2.75) is 63.6 Å². The Morgan fingerprint density at radius 1 is 1.27 bits per heavy atom. The number of rotatable bonds is 5. The van der Waals surface area contributed by atoms with E-state index in [0.717, 1.165) is 19.3 Å². The monoisotopic (exact) mass is 360 g/mol. The number of nitrogens with zero attached hydrogens (tertiary/aromatic N) is 1. The van der Waals surface area contributed by atoms with Crippen LogP contribution in [0.3, 0.4) is 0 Å². The minimum Gasteiger partial charge on any atom is -0.449 e. The van der Waals surface area contributed by atoms with E-state index in [2.05, 4.69) is 36.5 Å². The molecule has 3 atom stereocenters. The van der Waals surface area contributed by atoms with Crippen LogP contribution in [0.2, 0.25) is 0 Å². The summed E-state index contributed by atoms with van der Waals surface area (Å²) in [6.07, 6.45) is 2.85. The lowest BCUT2D eigenvalue weighted by molar-refractivity contribution is -0.119. The maximum Gasteiger partial charge on any atom is 0.409 e. The Kier molecular flexibility index (Phi) is 5.88. The molecule has 2 heterocycles. The largest absolute Gasteiger partial charge is 0.449 e. The number of aliphatic hydroxyl groups is 1. The van der Waals surface area contributed by atoms with E-state index in [0.29, 0.717) is 37.6 Å². The molecule has 0 aromatic heterocycles. The van der Waals surface area contributed by atoms with E-state index >= 15 is 0 Å². The Balaban J connectivity index is 1.54. The molecule has 5 nitrogen and oxygen atoms in total. The molecule has 144 valence electrons. The van der Waals surface area contributed by atoms with Crippen LogP contribution >= 0.6 is 0 Å². The minimum absolute atomic E-state index is 0.0292. The van der Waals surface area contributed by atoms with Crippen molar-refractivity contribution in [2.75, 3.05) is 19.7 Å². The number of nitrogens with one attached hydrogen (secondary N) is 1. The van der Waals surface area contributed by atoms with Crippen LogP contribution in [0, 0.1) is 5.92 Å². The molecule has 0 radical (unpaired) electrons. The lowest BCUT2D eigenvalue weighted by atomic mass is 9.78. The molecule has 0 saturated carbocycles. The van der Waals surface area contributed by atoms with E-state index in [4.69, 9.17) is 4.74 Å². The Hall–Kier alpha value is -1.59. The third kappa shape index (κ3) is 4.21. The molecule has 26 heavy (non-hydrogen) atoms. The molecule has 0 bridgehead atoms. The second kappa shape index (κ2) is 7.97. The lowest BCUT2D eigenvalue weighted by Gasteiger charge is -2.52. The molecular formula is C21H32N2O3. The number of carbonyl (C=O) groups excluding carboxylic acids is 1.